The van der Waals surface area contributed by atoms with Gasteiger partial charge in [0.05, 0.1) is 6.61 Å². The van der Waals surface area contributed by atoms with E-state index in [2.05, 4.69) is 22.0 Å². The van der Waals surface area contributed by atoms with E-state index >= 15 is 0 Å². The van der Waals surface area contributed by atoms with Gasteiger partial charge in [0.25, 0.3) is 0 Å². The predicted molar refractivity (Wildman–Crippen MR) is 94.8 cm³/mol. The summed E-state index contributed by atoms with van der Waals surface area (Å²) in [5, 5.41) is 3.12. The van der Waals surface area contributed by atoms with Gasteiger partial charge in [0, 0.05) is 45.4 Å². The second-order valence-electron chi connectivity index (χ2n) is 7.11. The number of rotatable bonds is 7. The molecule has 0 bridgehead atoms. The van der Waals surface area contributed by atoms with Crippen LogP contribution in [0.4, 0.5) is 4.39 Å². The maximum absolute atomic E-state index is 13.3. The molecule has 2 atom stereocenters. The monoisotopic (exact) mass is 349 g/mol. The standard InChI is InChI=1S/C19H28FN3O2/c1-14-13-23(10-9-22(14)11-12-25-2)18(19(24)21-17-7-8-17)15-3-5-16(20)6-4-15/h3-6,14,17-18H,7-13H2,1-2H3,(H,21,24)/t14-,18-/m1/s1. The fraction of sp³-hybridized carbons (Fsp3) is 0.632. The number of benzene rings is 1. The average Bonchev–Trinajstić information content (AvgIpc) is 3.40. The number of amides is 1. The van der Waals surface area contributed by atoms with Crippen molar-refractivity contribution in [2.24, 2.45) is 0 Å². The molecule has 1 aromatic rings. The quantitative estimate of drug-likeness (QED) is 0.815. The zero-order valence-corrected chi connectivity index (χ0v) is 15.1. The van der Waals surface area contributed by atoms with Crippen molar-refractivity contribution in [2.45, 2.75) is 37.9 Å². The van der Waals surface area contributed by atoms with Gasteiger partial charge in [-0.15, -0.1) is 0 Å². The van der Waals surface area contributed by atoms with Gasteiger partial charge < -0.3 is 10.1 Å². The average molecular weight is 349 g/mol. The fourth-order valence-electron chi connectivity index (χ4n) is 3.48. The van der Waals surface area contributed by atoms with Crippen LogP contribution in [0.2, 0.25) is 0 Å². The number of methoxy groups -OCH3 is 1. The number of nitrogens with one attached hydrogen (secondary N) is 1. The number of hydrogen-bond donors (Lipinski definition) is 1. The second-order valence-corrected chi connectivity index (χ2v) is 7.11. The van der Waals surface area contributed by atoms with Crippen molar-refractivity contribution in [3.8, 4) is 0 Å². The summed E-state index contributed by atoms with van der Waals surface area (Å²) in [6, 6.07) is 6.64. The Kier molecular flexibility index (Phi) is 6.04. The first-order chi connectivity index (χ1) is 12.1. The SMILES string of the molecule is COCCN1CCN([C@@H](C(=O)NC2CC2)c2ccc(F)cc2)C[C@H]1C. The highest BCUT2D eigenvalue weighted by Gasteiger charge is 2.35. The molecule has 1 aromatic carbocycles. The fourth-order valence-corrected chi connectivity index (χ4v) is 3.48. The summed E-state index contributed by atoms with van der Waals surface area (Å²) in [7, 11) is 1.72. The highest BCUT2D eigenvalue weighted by atomic mass is 19.1. The summed E-state index contributed by atoms with van der Waals surface area (Å²) in [6.45, 7) is 6.33. The summed E-state index contributed by atoms with van der Waals surface area (Å²) in [5.41, 5.74) is 0.858. The molecule has 3 rings (SSSR count). The molecular weight excluding hydrogens is 321 g/mol. The lowest BCUT2D eigenvalue weighted by molar-refractivity contribution is -0.128. The molecule has 1 aliphatic carbocycles. The third-order valence-corrected chi connectivity index (χ3v) is 5.10. The van der Waals surface area contributed by atoms with E-state index in [1.54, 1.807) is 19.2 Å². The molecule has 5 nitrogen and oxygen atoms in total. The molecule has 1 heterocycles. The van der Waals surface area contributed by atoms with E-state index in [9.17, 15) is 9.18 Å². The Bertz CT molecular complexity index is 577. The van der Waals surface area contributed by atoms with E-state index in [0.29, 0.717) is 18.7 Å². The van der Waals surface area contributed by atoms with E-state index in [-0.39, 0.29) is 17.8 Å². The third-order valence-electron chi connectivity index (χ3n) is 5.10. The second kappa shape index (κ2) is 8.25. The van der Waals surface area contributed by atoms with Crippen LogP contribution in [-0.4, -0.2) is 67.7 Å². The molecule has 1 amide bonds. The molecule has 0 unspecified atom stereocenters. The minimum Gasteiger partial charge on any atom is -0.383 e. The molecule has 0 aromatic heterocycles. The highest BCUT2D eigenvalue weighted by Crippen LogP contribution is 2.27. The molecule has 1 N–H and O–H groups in total. The molecule has 0 radical (unpaired) electrons. The Labute approximate surface area is 149 Å². The largest absolute Gasteiger partial charge is 0.383 e. The van der Waals surface area contributed by atoms with Crippen molar-refractivity contribution in [2.75, 3.05) is 39.9 Å². The summed E-state index contributed by atoms with van der Waals surface area (Å²) in [6.07, 6.45) is 2.12. The molecule has 1 aliphatic heterocycles. The van der Waals surface area contributed by atoms with Crippen molar-refractivity contribution in [3.63, 3.8) is 0 Å². The van der Waals surface area contributed by atoms with Crippen molar-refractivity contribution in [1.29, 1.82) is 0 Å². The van der Waals surface area contributed by atoms with Crippen molar-refractivity contribution in [3.05, 3.63) is 35.6 Å². The number of piperazine rings is 1. The maximum atomic E-state index is 13.3. The lowest BCUT2D eigenvalue weighted by atomic mass is 10.0. The smallest absolute Gasteiger partial charge is 0.242 e. The van der Waals surface area contributed by atoms with Crippen molar-refractivity contribution in [1.82, 2.24) is 15.1 Å². The highest BCUT2D eigenvalue weighted by molar-refractivity contribution is 5.83. The van der Waals surface area contributed by atoms with Crippen LogP contribution in [0, 0.1) is 5.82 Å². The topological polar surface area (TPSA) is 44.8 Å². The lowest BCUT2D eigenvalue weighted by Crippen LogP contribution is -2.55. The van der Waals surface area contributed by atoms with Gasteiger partial charge in [0.15, 0.2) is 0 Å². The van der Waals surface area contributed by atoms with E-state index in [1.165, 1.54) is 12.1 Å². The van der Waals surface area contributed by atoms with Gasteiger partial charge in [-0.2, -0.15) is 0 Å². The van der Waals surface area contributed by atoms with Gasteiger partial charge in [-0.05, 0) is 37.5 Å². The zero-order chi connectivity index (χ0) is 17.8. The predicted octanol–water partition coefficient (Wildman–Crippen LogP) is 1.80. The molecule has 138 valence electrons. The molecular formula is C19H28FN3O2. The van der Waals surface area contributed by atoms with Crippen LogP contribution >= 0.6 is 0 Å². The van der Waals surface area contributed by atoms with Gasteiger partial charge in [-0.25, -0.2) is 4.39 Å². The van der Waals surface area contributed by atoms with Crippen LogP contribution in [-0.2, 0) is 9.53 Å². The first kappa shape index (κ1) is 18.3. The van der Waals surface area contributed by atoms with Crippen LogP contribution in [0.1, 0.15) is 31.4 Å². The van der Waals surface area contributed by atoms with E-state index in [4.69, 9.17) is 4.74 Å². The van der Waals surface area contributed by atoms with Crippen LogP contribution in [0.3, 0.4) is 0 Å². The Morgan fingerprint density at radius 3 is 2.64 bits per heavy atom. The van der Waals surface area contributed by atoms with Gasteiger partial charge in [-0.3, -0.25) is 14.6 Å². The van der Waals surface area contributed by atoms with Gasteiger partial charge in [-0.1, -0.05) is 12.1 Å². The third kappa shape index (κ3) is 4.77. The van der Waals surface area contributed by atoms with E-state index in [0.717, 1.165) is 44.6 Å². The Hall–Kier alpha value is -1.50. The molecule has 2 fully saturated rings. The van der Waals surface area contributed by atoms with Crippen LogP contribution in [0.15, 0.2) is 24.3 Å². The lowest BCUT2D eigenvalue weighted by Gasteiger charge is -2.42. The van der Waals surface area contributed by atoms with Crippen molar-refractivity contribution < 1.29 is 13.9 Å². The van der Waals surface area contributed by atoms with Crippen molar-refractivity contribution >= 4 is 5.91 Å². The number of halogens is 1. The Morgan fingerprint density at radius 2 is 2.04 bits per heavy atom. The minimum absolute atomic E-state index is 0.0339. The number of carbonyl (C=O) groups excluding carboxylic acids is 1. The summed E-state index contributed by atoms with van der Waals surface area (Å²) in [5.74, 6) is -0.241. The van der Waals surface area contributed by atoms with Gasteiger partial charge in [0.2, 0.25) is 5.91 Å². The molecule has 25 heavy (non-hydrogen) atoms. The normalized spacial score (nSPS) is 23.4. The summed E-state index contributed by atoms with van der Waals surface area (Å²) >= 11 is 0. The van der Waals surface area contributed by atoms with Crippen LogP contribution in [0.25, 0.3) is 0 Å². The molecule has 1 saturated heterocycles. The van der Waals surface area contributed by atoms with E-state index < -0.39 is 0 Å². The van der Waals surface area contributed by atoms with Crippen LogP contribution < -0.4 is 5.32 Å². The number of nitrogens with zero attached hydrogens (tertiary/aromatic N) is 2. The number of hydrogen-bond acceptors (Lipinski definition) is 4. The minimum atomic E-state index is -0.353. The Morgan fingerprint density at radius 1 is 1.32 bits per heavy atom. The van der Waals surface area contributed by atoms with Gasteiger partial charge >= 0.3 is 0 Å². The number of carbonyl (C=O) groups is 1. The first-order valence-electron chi connectivity index (χ1n) is 9.11. The maximum Gasteiger partial charge on any atom is 0.242 e. The molecule has 1 saturated carbocycles. The Balaban J connectivity index is 1.72. The first-order valence-corrected chi connectivity index (χ1v) is 9.11. The van der Waals surface area contributed by atoms with Crippen LogP contribution in [0.5, 0.6) is 0 Å². The molecule has 6 heteroatoms. The summed E-state index contributed by atoms with van der Waals surface area (Å²) < 4.78 is 18.5. The molecule has 0 spiro atoms. The molecule has 2 aliphatic rings. The summed E-state index contributed by atoms with van der Waals surface area (Å²) in [4.78, 5) is 17.5. The van der Waals surface area contributed by atoms with E-state index in [1.807, 2.05) is 0 Å². The zero-order valence-electron chi connectivity index (χ0n) is 15.1. The van der Waals surface area contributed by atoms with Gasteiger partial charge in [0.1, 0.15) is 11.9 Å². The number of ether oxygens (including phenoxy) is 1.